The molecular weight excluding hydrogens is 671 g/mol. The summed E-state index contributed by atoms with van der Waals surface area (Å²) in [6, 6.07) is 7.06. The van der Waals surface area contributed by atoms with Gasteiger partial charge in [-0.05, 0) is 36.3 Å². The maximum atomic E-state index is 11.9. The molecule has 0 saturated carbocycles. The minimum Gasteiger partial charge on any atom is -0.480 e. The lowest BCUT2D eigenvalue weighted by Crippen LogP contribution is -2.53. The van der Waals surface area contributed by atoms with Gasteiger partial charge in [0.15, 0.2) is 5.11 Å². The van der Waals surface area contributed by atoms with Crippen LogP contribution in [-0.4, -0.2) is 157 Å². The minimum atomic E-state index is -1.06. The van der Waals surface area contributed by atoms with Crippen LogP contribution in [0.5, 0.6) is 0 Å². The second-order valence-electron chi connectivity index (χ2n) is 9.80. The molecule has 5 N–H and O–H groups in total. The maximum Gasteiger partial charge on any atom is 0.317 e. The van der Waals surface area contributed by atoms with Gasteiger partial charge in [-0.2, -0.15) is 0 Å². The largest absolute Gasteiger partial charge is 0.480 e. The molecule has 1 aromatic carbocycles. The summed E-state index contributed by atoms with van der Waals surface area (Å²) >= 11 is 7.33. The van der Waals surface area contributed by atoms with Crippen molar-refractivity contribution in [2.45, 2.75) is 12.5 Å². The number of rotatable bonds is 11. The topological polar surface area (TPSA) is 177 Å². The molecule has 0 amide bonds. The maximum absolute atomic E-state index is 11.9. The Morgan fingerprint density at radius 1 is 0.805 bits per heavy atom. The van der Waals surface area contributed by atoms with Crippen LogP contribution in [0.1, 0.15) is 5.56 Å². The summed E-state index contributed by atoms with van der Waals surface area (Å²) in [4.78, 5) is 53.3. The number of nitrogens with one attached hydrogen (secondary N) is 1. The van der Waals surface area contributed by atoms with Gasteiger partial charge in [0.1, 0.15) is 0 Å². The van der Waals surface area contributed by atoms with Crippen molar-refractivity contribution >= 4 is 69.8 Å². The van der Waals surface area contributed by atoms with Crippen LogP contribution in [0.2, 0.25) is 0 Å². The summed E-state index contributed by atoms with van der Waals surface area (Å²) in [7, 11) is 1.81. The zero-order chi connectivity index (χ0) is 30.5. The van der Waals surface area contributed by atoms with Gasteiger partial charge < -0.3 is 25.7 Å². The van der Waals surface area contributed by atoms with Gasteiger partial charge in [-0.15, -0.1) is 0 Å². The Labute approximate surface area is 258 Å². The molecule has 1 aliphatic rings. The lowest BCUT2D eigenvalue weighted by Gasteiger charge is -2.37. The van der Waals surface area contributed by atoms with E-state index in [0.29, 0.717) is 11.5 Å². The molecule has 1 aliphatic heterocycles. The van der Waals surface area contributed by atoms with Gasteiger partial charge in [0, 0.05) is 64.6 Å². The number of hydrogen-bond acceptors (Lipinski definition) is 9. The number of hydrogen-bond donors (Lipinski definition) is 5. The van der Waals surface area contributed by atoms with Crippen LogP contribution in [0.3, 0.4) is 0 Å². The van der Waals surface area contributed by atoms with E-state index in [2.05, 4.69) is 28.2 Å². The number of carboxylic acid groups (broad SMARTS) is 4. The summed E-state index contributed by atoms with van der Waals surface area (Å²) in [5.74, 6) is -4.19. The Morgan fingerprint density at radius 3 is 1.71 bits per heavy atom. The molecule has 16 heteroatoms. The smallest absolute Gasteiger partial charge is 0.317 e. The van der Waals surface area contributed by atoms with Crippen LogP contribution in [0.25, 0.3) is 0 Å². The van der Waals surface area contributed by atoms with E-state index in [1.807, 2.05) is 31.3 Å². The summed E-state index contributed by atoms with van der Waals surface area (Å²) in [5.41, 5.74) is 1.67. The standard InChI is InChI=1S/C25H37IN6O8S/c1-28(26)25(41)27-19-4-2-18(3-5-19)12-20-13-31(16-23(37)38)9-8-29(14-21(33)34)6-7-30(15-22(35)36)10-11-32(20)17-24(39)40/h2-5,20H,6-17H2,1H3,(H,27,41)(H,33,34)(H,35,36)(H,37,38)(H,39,40). The number of anilines is 1. The van der Waals surface area contributed by atoms with E-state index in [1.165, 1.54) is 0 Å². The van der Waals surface area contributed by atoms with E-state index >= 15 is 0 Å². The highest BCUT2D eigenvalue weighted by Crippen LogP contribution is 2.16. The fraction of sp³-hybridized carbons (Fsp3) is 0.560. The third-order valence-corrected chi connectivity index (χ3v) is 7.71. The molecule has 0 spiro atoms. The molecule has 41 heavy (non-hydrogen) atoms. The van der Waals surface area contributed by atoms with Gasteiger partial charge >= 0.3 is 23.9 Å². The summed E-state index contributed by atoms with van der Waals surface area (Å²) in [5, 5.41) is 41.7. The van der Waals surface area contributed by atoms with Crippen molar-refractivity contribution in [3.63, 3.8) is 0 Å². The lowest BCUT2D eigenvalue weighted by molar-refractivity contribution is -0.142. The van der Waals surface area contributed by atoms with Gasteiger partial charge in [0.2, 0.25) is 0 Å². The second kappa shape index (κ2) is 17.3. The molecule has 1 aromatic rings. The van der Waals surface area contributed by atoms with Crippen molar-refractivity contribution < 1.29 is 39.6 Å². The number of nitrogens with zero attached hydrogens (tertiary/aromatic N) is 5. The SMILES string of the molecule is CN(I)C(=S)Nc1ccc(CC2CN(CC(=O)O)CCN(CC(=O)O)CCN(CC(=O)O)CCN2CC(=O)O)cc1. The van der Waals surface area contributed by atoms with Crippen LogP contribution in [0, 0.1) is 0 Å². The zero-order valence-electron chi connectivity index (χ0n) is 22.8. The third-order valence-electron chi connectivity index (χ3n) is 6.53. The van der Waals surface area contributed by atoms with Crippen molar-refractivity contribution in [1.82, 2.24) is 22.7 Å². The minimum absolute atomic E-state index is 0.211. The van der Waals surface area contributed by atoms with Crippen molar-refractivity contribution in [3.05, 3.63) is 29.8 Å². The molecule has 1 atom stereocenters. The first-order chi connectivity index (χ1) is 19.3. The second-order valence-corrected chi connectivity index (χ2v) is 11.6. The number of carbonyl (C=O) groups is 4. The summed E-state index contributed by atoms with van der Waals surface area (Å²) < 4.78 is 1.73. The lowest BCUT2D eigenvalue weighted by atomic mass is 10.0. The Kier molecular flexibility index (Phi) is 14.6. The van der Waals surface area contributed by atoms with Crippen LogP contribution in [-0.2, 0) is 25.6 Å². The molecule has 1 saturated heterocycles. The van der Waals surface area contributed by atoms with Crippen molar-refractivity contribution in [1.29, 1.82) is 0 Å². The predicted octanol–water partition coefficient (Wildman–Crippen LogP) is 0.136. The molecule has 1 unspecified atom stereocenters. The van der Waals surface area contributed by atoms with Gasteiger partial charge in [-0.1, -0.05) is 12.1 Å². The third kappa shape index (κ3) is 13.7. The number of benzene rings is 1. The fourth-order valence-corrected chi connectivity index (χ4v) is 4.79. The average molecular weight is 709 g/mol. The average Bonchev–Trinajstić information content (AvgIpc) is 2.86. The number of carboxylic acids is 4. The number of aliphatic carboxylic acids is 4. The molecule has 2 rings (SSSR count). The number of thiocarbonyl (C=S) groups is 1. The Morgan fingerprint density at radius 2 is 1.24 bits per heavy atom. The first kappa shape index (κ1) is 34.6. The van der Waals surface area contributed by atoms with Crippen molar-refractivity contribution in [3.8, 4) is 0 Å². The summed E-state index contributed by atoms with van der Waals surface area (Å²) in [6.45, 7) is 0.517. The van der Waals surface area contributed by atoms with E-state index < -0.39 is 29.9 Å². The van der Waals surface area contributed by atoms with Crippen LogP contribution in [0.15, 0.2) is 24.3 Å². The van der Waals surface area contributed by atoms with Gasteiger partial charge in [-0.25, -0.2) is 0 Å². The predicted molar refractivity (Wildman–Crippen MR) is 163 cm³/mol. The van der Waals surface area contributed by atoms with Crippen molar-refractivity contribution in [2.75, 3.05) is 84.4 Å². The molecule has 0 bridgehead atoms. The normalized spacial score (nSPS) is 18.5. The van der Waals surface area contributed by atoms with Gasteiger partial charge in [0.25, 0.3) is 0 Å². The van der Waals surface area contributed by atoms with Crippen LogP contribution >= 0.6 is 35.1 Å². The molecule has 1 fully saturated rings. The molecule has 0 aromatic heterocycles. The first-order valence-corrected chi connectivity index (χ1v) is 14.3. The summed E-state index contributed by atoms with van der Waals surface area (Å²) in [6.07, 6.45) is 0.401. The molecule has 14 nitrogen and oxygen atoms in total. The van der Waals surface area contributed by atoms with E-state index in [0.717, 1.165) is 11.3 Å². The van der Waals surface area contributed by atoms with E-state index in [9.17, 15) is 39.6 Å². The Hall–Kier alpha value is -2.64. The van der Waals surface area contributed by atoms with Gasteiger partial charge in [0.05, 0.1) is 49.0 Å². The van der Waals surface area contributed by atoms with E-state index in [1.54, 1.807) is 22.7 Å². The van der Waals surface area contributed by atoms with E-state index in [4.69, 9.17) is 12.2 Å². The zero-order valence-corrected chi connectivity index (χ0v) is 25.8. The highest BCUT2D eigenvalue weighted by molar-refractivity contribution is 14.1. The highest BCUT2D eigenvalue weighted by atomic mass is 127. The molecule has 228 valence electrons. The number of halogens is 1. The van der Waals surface area contributed by atoms with E-state index in [-0.39, 0.29) is 72.0 Å². The monoisotopic (exact) mass is 708 g/mol. The first-order valence-electron chi connectivity index (χ1n) is 12.9. The highest BCUT2D eigenvalue weighted by Gasteiger charge is 2.27. The Balaban J connectivity index is 2.38. The molecular formula is C25H37IN6O8S. The van der Waals surface area contributed by atoms with Gasteiger partial charge in [-0.3, -0.25) is 41.9 Å². The molecule has 0 aliphatic carbocycles. The quantitative estimate of drug-likeness (QED) is 0.119. The van der Waals surface area contributed by atoms with Crippen LogP contribution < -0.4 is 5.32 Å². The van der Waals surface area contributed by atoms with Crippen LogP contribution in [0.4, 0.5) is 5.69 Å². The molecule has 1 heterocycles. The van der Waals surface area contributed by atoms with Crippen molar-refractivity contribution in [2.24, 2.45) is 0 Å². The molecule has 0 radical (unpaired) electrons. The Bertz CT molecular complexity index is 1060. The fourth-order valence-electron chi connectivity index (χ4n) is 4.55.